The van der Waals surface area contributed by atoms with Gasteiger partial charge in [0.1, 0.15) is 0 Å². The highest BCUT2D eigenvalue weighted by Gasteiger charge is 2.21. The number of amides is 1. The van der Waals surface area contributed by atoms with Gasteiger partial charge in [0.15, 0.2) is 0 Å². The smallest absolute Gasteiger partial charge is 0.248 e. The average Bonchev–Trinajstić information content (AvgIpc) is 3.12. The zero-order valence-electron chi connectivity index (χ0n) is 14.3. The summed E-state index contributed by atoms with van der Waals surface area (Å²) in [5, 5.41) is 3.00. The van der Waals surface area contributed by atoms with Crippen LogP contribution in [0.25, 0.3) is 6.08 Å². The Labute approximate surface area is 152 Å². The summed E-state index contributed by atoms with van der Waals surface area (Å²) in [4.78, 5) is 18.7. The fourth-order valence-electron chi connectivity index (χ4n) is 3.22. The van der Waals surface area contributed by atoms with Crippen molar-refractivity contribution in [2.75, 3.05) is 16.8 Å². The van der Waals surface area contributed by atoms with Crippen LogP contribution in [0.5, 0.6) is 0 Å². The third-order valence-corrected chi connectivity index (χ3v) is 4.45. The molecule has 0 bridgehead atoms. The van der Waals surface area contributed by atoms with Gasteiger partial charge >= 0.3 is 0 Å². The van der Waals surface area contributed by atoms with Crippen molar-refractivity contribution in [3.05, 3.63) is 90.3 Å². The Balaban J connectivity index is 1.55. The molecule has 1 N–H and O–H groups in total. The molecule has 0 saturated heterocycles. The number of fused-ring (bicyclic) bond motifs is 1. The molecule has 0 spiro atoms. The van der Waals surface area contributed by atoms with Crippen molar-refractivity contribution in [2.45, 2.75) is 6.42 Å². The predicted molar refractivity (Wildman–Crippen MR) is 105 cm³/mol. The summed E-state index contributed by atoms with van der Waals surface area (Å²) in [6.45, 7) is 0.914. The van der Waals surface area contributed by atoms with Gasteiger partial charge in [0.05, 0.1) is 11.4 Å². The first-order chi connectivity index (χ1) is 12.8. The highest BCUT2D eigenvalue weighted by molar-refractivity contribution is 6.04. The molecule has 3 aromatic rings. The van der Waals surface area contributed by atoms with Crippen molar-refractivity contribution >= 4 is 29.0 Å². The minimum atomic E-state index is -0.159. The van der Waals surface area contributed by atoms with E-state index in [0.29, 0.717) is 0 Å². The molecule has 2 heterocycles. The van der Waals surface area contributed by atoms with E-state index in [0.717, 1.165) is 29.9 Å². The SMILES string of the molecule is O=C(/C=C/c1cccnc1)Nc1ccccc1N1CCc2ccccc21. The molecule has 128 valence electrons. The van der Waals surface area contributed by atoms with Gasteiger partial charge in [0.2, 0.25) is 5.91 Å². The monoisotopic (exact) mass is 341 g/mol. The molecule has 4 nitrogen and oxygen atoms in total. The molecule has 0 radical (unpaired) electrons. The summed E-state index contributed by atoms with van der Waals surface area (Å²) >= 11 is 0. The quantitative estimate of drug-likeness (QED) is 0.714. The van der Waals surface area contributed by atoms with Crippen LogP contribution >= 0.6 is 0 Å². The van der Waals surface area contributed by atoms with Crippen LogP contribution in [0.2, 0.25) is 0 Å². The molecular weight excluding hydrogens is 322 g/mol. The molecule has 2 aromatic carbocycles. The summed E-state index contributed by atoms with van der Waals surface area (Å²) in [5.74, 6) is -0.159. The largest absolute Gasteiger partial charge is 0.339 e. The summed E-state index contributed by atoms with van der Waals surface area (Å²) in [6.07, 6.45) is 7.74. The third kappa shape index (κ3) is 3.35. The van der Waals surface area contributed by atoms with Crippen LogP contribution in [0.15, 0.2) is 79.1 Å². The number of benzene rings is 2. The molecule has 4 rings (SSSR count). The normalized spacial score (nSPS) is 13.0. The zero-order valence-corrected chi connectivity index (χ0v) is 14.3. The van der Waals surface area contributed by atoms with Gasteiger partial charge in [0, 0.05) is 30.7 Å². The lowest BCUT2D eigenvalue weighted by Crippen LogP contribution is -2.17. The van der Waals surface area contributed by atoms with Crippen molar-refractivity contribution in [1.29, 1.82) is 0 Å². The van der Waals surface area contributed by atoms with Gasteiger partial charge in [-0.1, -0.05) is 36.4 Å². The van der Waals surface area contributed by atoms with Gasteiger partial charge in [-0.15, -0.1) is 0 Å². The topological polar surface area (TPSA) is 45.2 Å². The van der Waals surface area contributed by atoms with Crippen LogP contribution in [0.3, 0.4) is 0 Å². The molecule has 1 aromatic heterocycles. The number of nitrogens with one attached hydrogen (secondary N) is 1. The molecule has 26 heavy (non-hydrogen) atoms. The number of hydrogen-bond donors (Lipinski definition) is 1. The van der Waals surface area contributed by atoms with Crippen molar-refractivity contribution in [3.63, 3.8) is 0 Å². The van der Waals surface area contributed by atoms with Gasteiger partial charge in [0.25, 0.3) is 0 Å². The molecule has 1 amide bonds. The van der Waals surface area contributed by atoms with Gasteiger partial charge in [-0.25, -0.2) is 0 Å². The maximum atomic E-state index is 12.4. The lowest BCUT2D eigenvalue weighted by molar-refractivity contribution is -0.111. The standard InChI is InChI=1S/C22H19N3O/c26-22(12-11-17-6-5-14-23-16-17)24-19-8-2-4-10-21(19)25-15-13-18-7-1-3-9-20(18)25/h1-12,14,16H,13,15H2,(H,24,26)/b12-11+. The van der Waals surface area contributed by atoms with Gasteiger partial charge in [-0.05, 0) is 47.9 Å². The number of anilines is 3. The van der Waals surface area contributed by atoms with E-state index in [1.54, 1.807) is 18.5 Å². The van der Waals surface area contributed by atoms with E-state index in [4.69, 9.17) is 0 Å². The Morgan fingerprint density at radius 2 is 1.81 bits per heavy atom. The highest BCUT2D eigenvalue weighted by Crippen LogP contribution is 2.38. The Morgan fingerprint density at radius 1 is 1.00 bits per heavy atom. The van der Waals surface area contributed by atoms with Crippen molar-refractivity contribution < 1.29 is 4.79 Å². The highest BCUT2D eigenvalue weighted by atomic mass is 16.1. The maximum absolute atomic E-state index is 12.4. The summed E-state index contributed by atoms with van der Waals surface area (Å²) < 4.78 is 0. The fraction of sp³-hybridized carbons (Fsp3) is 0.0909. The molecule has 0 unspecified atom stereocenters. The number of pyridine rings is 1. The van der Waals surface area contributed by atoms with Crippen LogP contribution in [0.1, 0.15) is 11.1 Å². The summed E-state index contributed by atoms with van der Waals surface area (Å²) in [7, 11) is 0. The maximum Gasteiger partial charge on any atom is 0.248 e. The van der Waals surface area contributed by atoms with E-state index in [-0.39, 0.29) is 5.91 Å². The van der Waals surface area contributed by atoms with Crippen LogP contribution in [-0.2, 0) is 11.2 Å². The first-order valence-corrected chi connectivity index (χ1v) is 8.65. The van der Waals surface area contributed by atoms with E-state index in [1.807, 2.05) is 36.4 Å². The summed E-state index contributed by atoms with van der Waals surface area (Å²) in [6, 6.07) is 20.1. The molecule has 0 saturated carbocycles. The first kappa shape index (κ1) is 16.1. The predicted octanol–water partition coefficient (Wildman–Crippen LogP) is 4.43. The number of hydrogen-bond acceptors (Lipinski definition) is 3. The van der Waals surface area contributed by atoms with E-state index in [1.165, 1.54) is 17.3 Å². The molecule has 1 aliphatic rings. The average molecular weight is 341 g/mol. The number of para-hydroxylation sites is 3. The Bertz CT molecular complexity index is 950. The van der Waals surface area contributed by atoms with Gasteiger partial charge < -0.3 is 10.2 Å². The minimum absolute atomic E-state index is 0.159. The van der Waals surface area contributed by atoms with E-state index < -0.39 is 0 Å². The third-order valence-electron chi connectivity index (χ3n) is 4.45. The van der Waals surface area contributed by atoms with Gasteiger partial charge in [-0.3, -0.25) is 9.78 Å². The van der Waals surface area contributed by atoms with Crippen molar-refractivity contribution in [1.82, 2.24) is 4.98 Å². The summed E-state index contributed by atoms with van der Waals surface area (Å²) in [5.41, 5.74) is 5.26. The molecule has 0 atom stereocenters. The Hall–Kier alpha value is -3.40. The first-order valence-electron chi connectivity index (χ1n) is 8.65. The van der Waals surface area contributed by atoms with Crippen LogP contribution in [-0.4, -0.2) is 17.4 Å². The lowest BCUT2D eigenvalue weighted by atomic mass is 10.1. The number of carbonyl (C=O) groups excluding carboxylic acids is 1. The molecule has 4 heteroatoms. The fourth-order valence-corrected chi connectivity index (χ4v) is 3.22. The molecule has 0 fully saturated rings. The second kappa shape index (κ2) is 7.23. The second-order valence-corrected chi connectivity index (χ2v) is 6.16. The Kier molecular flexibility index (Phi) is 4.48. The van der Waals surface area contributed by atoms with Gasteiger partial charge in [-0.2, -0.15) is 0 Å². The van der Waals surface area contributed by atoms with Crippen molar-refractivity contribution in [2.24, 2.45) is 0 Å². The second-order valence-electron chi connectivity index (χ2n) is 6.16. The van der Waals surface area contributed by atoms with Crippen LogP contribution in [0, 0.1) is 0 Å². The molecule has 1 aliphatic heterocycles. The number of carbonyl (C=O) groups is 1. The Morgan fingerprint density at radius 3 is 2.65 bits per heavy atom. The van der Waals surface area contributed by atoms with E-state index in [2.05, 4.69) is 39.5 Å². The van der Waals surface area contributed by atoms with Crippen LogP contribution < -0.4 is 10.2 Å². The molecular formula is C22H19N3O. The molecule has 0 aliphatic carbocycles. The zero-order chi connectivity index (χ0) is 17.8. The van der Waals surface area contributed by atoms with Crippen molar-refractivity contribution in [3.8, 4) is 0 Å². The number of rotatable bonds is 4. The van der Waals surface area contributed by atoms with E-state index in [9.17, 15) is 4.79 Å². The van der Waals surface area contributed by atoms with E-state index >= 15 is 0 Å². The number of aromatic nitrogens is 1. The number of nitrogens with zero attached hydrogens (tertiary/aromatic N) is 2. The van der Waals surface area contributed by atoms with Crippen LogP contribution in [0.4, 0.5) is 17.1 Å². The minimum Gasteiger partial charge on any atom is -0.339 e. The lowest BCUT2D eigenvalue weighted by Gasteiger charge is -2.22.